The number of halogens is 2. The van der Waals surface area contributed by atoms with Gasteiger partial charge in [0, 0.05) is 33.0 Å². The summed E-state index contributed by atoms with van der Waals surface area (Å²) >= 11 is 9.46. The molecule has 1 aromatic carbocycles. The molecule has 0 bridgehead atoms. The van der Waals surface area contributed by atoms with E-state index in [1.54, 1.807) is 31.5 Å². The van der Waals surface area contributed by atoms with E-state index in [-0.39, 0.29) is 0 Å². The van der Waals surface area contributed by atoms with E-state index in [1.165, 1.54) is 6.33 Å². The molecule has 1 heterocycles. The molecule has 2 rings (SSSR count). The number of nitrogens with zero attached hydrogens (tertiary/aromatic N) is 2. The molecule has 88 valence electrons. The average molecular weight is 314 g/mol. The summed E-state index contributed by atoms with van der Waals surface area (Å²) in [5.74, 6) is 0. The van der Waals surface area contributed by atoms with Crippen LogP contribution < -0.4 is 0 Å². The molecule has 0 amide bonds. The Morgan fingerprint density at radius 3 is 2.53 bits per heavy atom. The lowest BCUT2D eigenvalue weighted by atomic mass is 9.90. The third kappa shape index (κ3) is 2.49. The number of rotatable bonds is 2. The normalized spacial score (nSPS) is 14.4. The highest BCUT2D eigenvalue weighted by Gasteiger charge is 2.28. The first-order valence-corrected chi connectivity index (χ1v) is 6.12. The molecule has 1 N–H and O–H groups in total. The molecule has 0 aliphatic heterocycles. The van der Waals surface area contributed by atoms with Crippen molar-refractivity contribution in [2.75, 3.05) is 0 Å². The van der Waals surface area contributed by atoms with Crippen LogP contribution in [0.4, 0.5) is 0 Å². The first kappa shape index (κ1) is 12.5. The van der Waals surface area contributed by atoms with Crippen LogP contribution in [0.5, 0.6) is 0 Å². The highest BCUT2D eigenvalue weighted by atomic mass is 79.9. The molecule has 0 aliphatic rings. The van der Waals surface area contributed by atoms with E-state index in [0.717, 1.165) is 4.47 Å². The van der Waals surface area contributed by atoms with E-state index in [1.807, 2.05) is 6.07 Å². The quantitative estimate of drug-likeness (QED) is 0.926. The van der Waals surface area contributed by atoms with Crippen LogP contribution >= 0.6 is 27.5 Å². The Balaban J connectivity index is 2.52. The SMILES string of the molecule is CC(O)(c1cncnc1)c1ccc(Br)cc1Cl. The van der Waals surface area contributed by atoms with Gasteiger partial charge in [0.15, 0.2) is 0 Å². The summed E-state index contributed by atoms with van der Waals surface area (Å²) in [5, 5.41) is 11.0. The zero-order valence-corrected chi connectivity index (χ0v) is 11.4. The minimum Gasteiger partial charge on any atom is -0.381 e. The van der Waals surface area contributed by atoms with Gasteiger partial charge in [-0.3, -0.25) is 0 Å². The minimum atomic E-state index is -1.21. The van der Waals surface area contributed by atoms with E-state index >= 15 is 0 Å². The van der Waals surface area contributed by atoms with Crippen molar-refractivity contribution in [1.82, 2.24) is 9.97 Å². The van der Waals surface area contributed by atoms with Crippen LogP contribution in [0.15, 0.2) is 41.4 Å². The molecule has 0 fully saturated rings. The smallest absolute Gasteiger partial charge is 0.116 e. The van der Waals surface area contributed by atoms with Crippen molar-refractivity contribution < 1.29 is 5.11 Å². The summed E-state index contributed by atoms with van der Waals surface area (Å²) in [6.45, 7) is 1.67. The van der Waals surface area contributed by atoms with Crippen LogP contribution in [-0.4, -0.2) is 15.1 Å². The molecule has 17 heavy (non-hydrogen) atoms. The Morgan fingerprint density at radius 2 is 1.94 bits per heavy atom. The maximum absolute atomic E-state index is 10.5. The second-order valence-electron chi connectivity index (χ2n) is 3.82. The maximum Gasteiger partial charge on any atom is 0.116 e. The molecule has 5 heteroatoms. The monoisotopic (exact) mass is 312 g/mol. The fourth-order valence-corrected chi connectivity index (χ4v) is 2.45. The van der Waals surface area contributed by atoms with E-state index in [4.69, 9.17) is 11.6 Å². The van der Waals surface area contributed by atoms with Crippen molar-refractivity contribution in [3.8, 4) is 0 Å². The van der Waals surface area contributed by atoms with Crippen LogP contribution in [0.2, 0.25) is 5.02 Å². The maximum atomic E-state index is 10.5. The molecule has 0 radical (unpaired) electrons. The van der Waals surface area contributed by atoms with E-state index in [2.05, 4.69) is 25.9 Å². The molecule has 0 saturated carbocycles. The highest BCUT2D eigenvalue weighted by molar-refractivity contribution is 9.10. The second kappa shape index (κ2) is 4.72. The molecule has 1 unspecified atom stereocenters. The largest absolute Gasteiger partial charge is 0.381 e. The zero-order chi connectivity index (χ0) is 12.5. The number of benzene rings is 1. The first-order valence-electron chi connectivity index (χ1n) is 4.95. The summed E-state index contributed by atoms with van der Waals surface area (Å²) in [7, 11) is 0. The van der Waals surface area contributed by atoms with E-state index in [9.17, 15) is 5.11 Å². The predicted octanol–water partition coefficient (Wildman–Crippen LogP) is 3.15. The van der Waals surface area contributed by atoms with E-state index < -0.39 is 5.60 Å². The van der Waals surface area contributed by atoms with E-state index in [0.29, 0.717) is 16.1 Å². The molecule has 0 aliphatic carbocycles. The summed E-state index contributed by atoms with van der Waals surface area (Å²) in [4.78, 5) is 7.80. The van der Waals surface area contributed by atoms with Crippen molar-refractivity contribution in [2.24, 2.45) is 0 Å². The van der Waals surface area contributed by atoms with Gasteiger partial charge in [-0.15, -0.1) is 0 Å². The van der Waals surface area contributed by atoms with Crippen LogP contribution in [0.25, 0.3) is 0 Å². The number of aliphatic hydroxyl groups is 1. The van der Waals surface area contributed by atoms with Gasteiger partial charge < -0.3 is 5.11 Å². The number of hydrogen-bond acceptors (Lipinski definition) is 3. The van der Waals surface area contributed by atoms with Crippen molar-refractivity contribution in [3.63, 3.8) is 0 Å². The lowest BCUT2D eigenvalue weighted by molar-refractivity contribution is 0.101. The summed E-state index contributed by atoms with van der Waals surface area (Å²) in [5.41, 5.74) is 0.0142. The van der Waals surface area contributed by atoms with Crippen molar-refractivity contribution in [1.29, 1.82) is 0 Å². The first-order chi connectivity index (χ1) is 8.01. The summed E-state index contributed by atoms with van der Waals surface area (Å²) in [6.07, 6.45) is 4.57. The minimum absolute atomic E-state index is 0.494. The molecular formula is C12H10BrClN2O. The third-order valence-electron chi connectivity index (χ3n) is 2.58. The molecule has 3 nitrogen and oxygen atoms in total. The van der Waals surface area contributed by atoms with Gasteiger partial charge in [-0.2, -0.15) is 0 Å². The zero-order valence-electron chi connectivity index (χ0n) is 9.06. The molecule has 0 saturated heterocycles. The van der Waals surface area contributed by atoms with Crippen molar-refractivity contribution in [2.45, 2.75) is 12.5 Å². The Labute approximate surface area is 113 Å². The molecule has 0 spiro atoms. The average Bonchev–Trinajstić information content (AvgIpc) is 2.29. The molecular weight excluding hydrogens is 304 g/mol. The van der Waals surface area contributed by atoms with Gasteiger partial charge in [-0.25, -0.2) is 9.97 Å². The van der Waals surface area contributed by atoms with Crippen molar-refractivity contribution >= 4 is 27.5 Å². The standard InChI is InChI=1S/C12H10BrClN2O/c1-12(17,8-5-15-7-16-6-8)10-3-2-9(13)4-11(10)14/h2-7,17H,1H3. The van der Waals surface area contributed by atoms with Gasteiger partial charge in [0.2, 0.25) is 0 Å². The molecule has 1 atom stereocenters. The Bertz CT molecular complexity index is 531. The van der Waals surface area contributed by atoms with Crippen LogP contribution in [0, 0.1) is 0 Å². The fraction of sp³-hybridized carbons (Fsp3) is 0.167. The Kier molecular flexibility index (Phi) is 3.47. The van der Waals surface area contributed by atoms with Crippen LogP contribution in [-0.2, 0) is 5.60 Å². The number of hydrogen-bond donors (Lipinski definition) is 1. The Morgan fingerprint density at radius 1 is 1.29 bits per heavy atom. The predicted molar refractivity (Wildman–Crippen MR) is 69.9 cm³/mol. The van der Waals surface area contributed by atoms with Gasteiger partial charge in [-0.1, -0.05) is 33.6 Å². The highest BCUT2D eigenvalue weighted by Crippen LogP contribution is 2.34. The second-order valence-corrected chi connectivity index (χ2v) is 5.15. The molecule has 2 aromatic rings. The Hall–Kier alpha value is -0.970. The van der Waals surface area contributed by atoms with Crippen LogP contribution in [0.1, 0.15) is 18.1 Å². The van der Waals surface area contributed by atoms with Crippen molar-refractivity contribution in [3.05, 3.63) is 57.5 Å². The van der Waals surface area contributed by atoms with Gasteiger partial charge in [0.1, 0.15) is 11.9 Å². The summed E-state index contributed by atoms with van der Waals surface area (Å²) in [6, 6.07) is 5.36. The topological polar surface area (TPSA) is 46.0 Å². The summed E-state index contributed by atoms with van der Waals surface area (Å²) < 4.78 is 0.867. The number of aromatic nitrogens is 2. The van der Waals surface area contributed by atoms with Gasteiger partial charge >= 0.3 is 0 Å². The fourth-order valence-electron chi connectivity index (χ4n) is 1.59. The van der Waals surface area contributed by atoms with Gasteiger partial charge in [0.05, 0.1) is 0 Å². The molecule has 1 aromatic heterocycles. The van der Waals surface area contributed by atoms with Crippen LogP contribution in [0.3, 0.4) is 0 Å². The van der Waals surface area contributed by atoms with Gasteiger partial charge in [-0.05, 0) is 19.1 Å². The lowest BCUT2D eigenvalue weighted by Gasteiger charge is -2.24. The van der Waals surface area contributed by atoms with Gasteiger partial charge in [0.25, 0.3) is 0 Å². The third-order valence-corrected chi connectivity index (χ3v) is 3.38. The lowest BCUT2D eigenvalue weighted by Crippen LogP contribution is -2.23.